The van der Waals surface area contributed by atoms with E-state index in [9.17, 15) is 5.11 Å². The molecule has 7 heteroatoms. The van der Waals surface area contributed by atoms with Crippen LogP contribution in [-0.2, 0) is 14.2 Å². The van der Waals surface area contributed by atoms with E-state index in [0.717, 1.165) is 0 Å². The Kier molecular flexibility index (Phi) is 3.56. The number of aliphatic hydroxyl groups excluding tert-OH is 1. The second-order valence-corrected chi connectivity index (χ2v) is 4.73. The Bertz CT molecular complexity index is 330. The van der Waals surface area contributed by atoms with Crippen LogP contribution in [0.5, 0.6) is 0 Å². The first-order chi connectivity index (χ1) is 8.07. The topological polar surface area (TPSA) is 96.7 Å². The van der Waals surface area contributed by atoms with E-state index in [1.165, 1.54) is 0 Å². The summed E-state index contributed by atoms with van der Waals surface area (Å²) < 4.78 is 16.9. The summed E-state index contributed by atoms with van der Waals surface area (Å²) in [7, 11) is 0. The summed E-state index contributed by atoms with van der Waals surface area (Å²) in [4.78, 5) is 2.71. The highest BCUT2D eigenvalue weighted by Crippen LogP contribution is 2.41. The van der Waals surface area contributed by atoms with Crippen molar-refractivity contribution in [3.8, 4) is 0 Å². The lowest BCUT2D eigenvalue weighted by atomic mass is 9.95. The van der Waals surface area contributed by atoms with Gasteiger partial charge in [-0.25, -0.2) is 0 Å². The maximum absolute atomic E-state index is 9.24. The summed E-state index contributed by atoms with van der Waals surface area (Å²) in [5, 5.41) is 12.7. The molecule has 0 aliphatic carbocycles. The van der Waals surface area contributed by atoms with Gasteiger partial charge in [0.2, 0.25) is 0 Å². The van der Waals surface area contributed by atoms with Gasteiger partial charge in [0.15, 0.2) is 12.1 Å². The fraction of sp³-hybridized carbons (Fsp3) is 1.00. The van der Waals surface area contributed by atoms with E-state index in [-0.39, 0.29) is 24.7 Å². The van der Waals surface area contributed by atoms with Crippen molar-refractivity contribution < 1.29 is 19.3 Å². The first kappa shape index (κ1) is 12.6. The van der Waals surface area contributed by atoms with Crippen LogP contribution in [0.4, 0.5) is 0 Å². The maximum Gasteiger partial charge on any atom is 0.187 e. The number of hydrogen-bond acceptors (Lipinski definition) is 5. The number of rotatable bonds is 4. The minimum atomic E-state index is -0.660. The van der Waals surface area contributed by atoms with Crippen molar-refractivity contribution in [1.29, 1.82) is 0 Å². The molecule has 0 amide bonds. The van der Waals surface area contributed by atoms with E-state index in [0.29, 0.717) is 13.0 Å². The van der Waals surface area contributed by atoms with E-state index in [4.69, 9.17) is 19.7 Å². The van der Waals surface area contributed by atoms with Gasteiger partial charge >= 0.3 is 0 Å². The number of fused-ring (bicyclic) bond motifs is 1. The minimum absolute atomic E-state index is 0.00252. The molecule has 17 heavy (non-hydrogen) atoms. The van der Waals surface area contributed by atoms with Crippen molar-refractivity contribution in [3.05, 3.63) is 10.4 Å². The van der Waals surface area contributed by atoms with Gasteiger partial charge in [-0.1, -0.05) is 5.11 Å². The van der Waals surface area contributed by atoms with Crippen molar-refractivity contribution in [2.75, 3.05) is 13.2 Å². The van der Waals surface area contributed by atoms with Crippen molar-refractivity contribution >= 4 is 0 Å². The van der Waals surface area contributed by atoms with Gasteiger partial charge < -0.3 is 19.3 Å². The van der Waals surface area contributed by atoms with Crippen LogP contribution < -0.4 is 0 Å². The van der Waals surface area contributed by atoms with E-state index in [1.54, 1.807) is 0 Å². The van der Waals surface area contributed by atoms with Crippen LogP contribution in [0.15, 0.2) is 5.11 Å². The predicted octanol–water partition coefficient (Wildman–Crippen LogP) is 1.17. The van der Waals surface area contributed by atoms with Crippen LogP contribution in [0.1, 0.15) is 20.3 Å². The predicted molar refractivity (Wildman–Crippen MR) is 57.9 cm³/mol. The third kappa shape index (κ3) is 2.53. The zero-order valence-corrected chi connectivity index (χ0v) is 9.94. The molecule has 2 saturated heterocycles. The van der Waals surface area contributed by atoms with Crippen LogP contribution in [0.25, 0.3) is 10.4 Å². The van der Waals surface area contributed by atoms with Crippen molar-refractivity contribution in [3.63, 3.8) is 0 Å². The Hall–Kier alpha value is -0.850. The molecular weight excluding hydrogens is 226 g/mol. The van der Waals surface area contributed by atoms with Gasteiger partial charge in [-0.15, -0.1) is 0 Å². The molecule has 0 aromatic heterocycles. The highest BCUT2D eigenvalue weighted by molar-refractivity contribution is 4.92. The van der Waals surface area contributed by atoms with Crippen molar-refractivity contribution in [2.24, 2.45) is 11.0 Å². The van der Waals surface area contributed by atoms with Gasteiger partial charge in [0.1, 0.15) is 6.10 Å². The third-order valence-corrected chi connectivity index (χ3v) is 3.10. The molecule has 2 rings (SSSR count). The van der Waals surface area contributed by atoms with Gasteiger partial charge in [-0.2, -0.15) is 0 Å². The van der Waals surface area contributed by atoms with Crippen molar-refractivity contribution in [2.45, 2.75) is 44.6 Å². The molecule has 96 valence electrons. The number of ether oxygens (including phenoxy) is 3. The molecule has 7 nitrogen and oxygen atoms in total. The molecule has 2 heterocycles. The lowest BCUT2D eigenvalue weighted by Gasteiger charge is -2.24. The molecule has 0 aromatic carbocycles. The van der Waals surface area contributed by atoms with E-state index >= 15 is 0 Å². The fourth-order valence-corrected chi connectivity index (χ4v) is 2.42. The Balaban J connectivity index is 2.02. The second-order valence-electron chi connectivity index (χ2n) is 4.73. The quantitative estimate of drug-likeness (QED) is 0.455. The Morgan fingerprint density at radius 1 is 1.41 bits per heavy atom. The fourth-order valence-electron chi connectivity index (χ4n) is 2.42. The summed E-state index contributed by atoms with van der Waals surface area (Å²) >= 11 is 0. The lowest BCUT2D eigenvalue weighted by molar-refractivity contribution is -0.213. The summed E-state index contributed by atoms with van der Waals surface area (Å²) in [6, 6.07) is 0. The van der Waals surface area contributed by atoms with Crippen LogP contribution in [0, 0.1) is 5.92 Å². The Labute approximate surface area is 99.3 Å². The first-order valence-corrected chi connectivity index (χ1v) is 5.70. The highest BCUT2D eigenvalue weighted by Gasteiger charge is 2.53. The van der Waals surface area contributed by atoms with E-state index in [1.807, 2.05) is 13.8 Å². The number of nitrogens with zero attached hydrogens (tertiary/aromatic N) is 3. The van der Waals surface area contributed by atoms with Gasteiger partial charge in [0.05, 0.1) is 12.7 Å². The number of azide groups is 1. The average molecular weight is 243 g/mol. The highest BCUT2D eigenvalue weighted by atomic mass is 16.8. The average Bonchev–Trinajstić information content (AvgIpc) is 2.72. The monoisotopic (exact) mass is 243 g/mol. The largest absolute Gasteiger partial charge is 0.394 e. The van der Waals surface area contributed by atoms with E-state index < -0.39 is 12.1 Å². The smallest absolute Gasteiger partial charge is 0.187 e. The van der Waals surface area contributed by atoms with Gasteiger partial charge in [0.25, 0.3) is 0 Å². The summed E-state index contributed by atoms with van der Waals surface area (Å²) in [5.74, 6) is -0.663. The molecule has 0 radical (unpaired) electrons. The summed E-state index contributed by atoms with van der Waals surface area (Å²) in [6.45, 7) is 3.94. The summed E-state index contributed by atoms with van der Waals surface area (Å²) in [6.07, 6.45) is -0.320. The third-order valence-electron chi connectivity index (χ3n) is 3.10. The molecule has 2 aliphatic rings. The van der Waals surface area contributed by atoms with Gasteiger partial charge in [-0.05, 0) is 25.8 Å². The van der Waals surface area contributed by atoms with E-state index in [2.05, 4.69) is 10.0 Å². The zero-order chi connectivity index (χ0) is 12.5. The molecule has 1 N–H and O–H groups in total. The second kappa shape index (κ2) is 4.80. The molecule has 2 fully saturated rings. The normalized spacial score (nSPS) is 38.8. The van der Waals surface area contributed by atoms with Gasteiger partial charge in [-0.3, -0.25) is 0 Å². The first-order valence-electron chi connectivity index (χ1n) is 5.70. The molecule has 4 atom stereocenters. The Morgan fingerprint density at radius 3 is 2.82 bits per heavy atom. The molecule has 0 spiro atoms. The molecule has 2 aliphatic heterocycles. The van der Waals surface area contributed by atoms with Crippen LogP contribution >= 0.6 is 0 Å². The number of hydrogen-bond donors (Lipinski definition) is 1. The zero-order valence-electron chi connectivity index (χ0n) is 9.94. The van der Waals surface area contributed by atoms with Gasteiger partial charge in [0, 0.05) is 17.4 Å². The summed E-state index contributed by atoms with van der Waals surface area (Å²) in [5.41, 5.74) is 8.26. The maximum atomic E-state index is 9.24. The molecular formula is C10H17N3O4. The van der Waals surface area contributed by atoms with Crippen LogP contribution in [0.2, 0.25) is 0 Å². The Morgan fingerprint density at radius 2 is 2.18 bits per heavy atom. The molecule has 0 unspecified atom stereocenters. The van der Waals surface area contributed by atoms with Crippen molar-refractivity contribution in [1.82, 2.24) is 0 Å². The SMILES string of the molecule is CC1(C)O[C@@H]2O[C@H](CO)[C@H](CCN=[N+]=[N-])[C@@H]2O1. The van der Waals surface area contributed by atoms with Crippen LogP contribution in [0.3, 0.4) is 0 Å². The lowest BCUT2D eigenvalue weighted by Crippen LogP contribution is -2.32. The molecule has 0 aromatic rings. The minimum Gasteiger partial charge on any atom is -0.394 e. The molecule has 0 bridgehead atoms. The number of aliphatic hydroxyl groups is 1. The molecule has 0 saturated carbocycles. The standard InChI is InChI=1S/C10H17N3O4/c1-10(2)16-8-6(3-4-12-13-11)7(5-14)15-9(8)17-10/h6-9,14H,3-5H2,1-2H3/t6-,7+,8-,9-/m0/s1. The van der Waals surface area contributed by atoms with Crippen LogP contribution in [-0.4, -0.2) is 42.5 Å².